The molecule has 9 nitrogen and oxygen atoms in total. The minimum absolute atomic E-state index is 0.0587. The second-order valence-electron chi connectivity index (χ2n) is 6.93. The van der Waals surface area contributed by atoms with E-state index >= 15 is 0 Å². The van der Waals surface area contributed by atoms with Crippen molar-refractivity contribution in [3.05, 3.63) is 29.3 Å². The summed E-state index contributed by atoms with van der Waals surface area (Å²) in [6.45, 7) is 7.35. The first-order valence-electron chi connectivity index (χ1n) is 9.68. The summed E-state index contributed by atoms with van der Waals surface area (Å²) in [4.78, 5) is 25.8. The number of tetrazole rings is 1. The molecule has 2 aromatic rings. The summed E-state index contributed by atoms with van der Waals surface area (Å²) >= 11 is 1.30. The van der Waals surface area contributed by atoms with Gasteiger partial charge in [-0.3, -0.25) is 4.79 Å². The predicted octanol–water partition coefficient (Wildman–Crippen LogP) is 2.11. The molecule has 3 rings (SSSR count). The van der Waals surface area contributed by atoms with E-state index in [1.54, 1.807) is 16.5 Å². The average Bonchev–Trinajstić information content (AvgIpc) is 3.15. The van der Waals surface area contributed by atoms with Gasteiger partial charge in [-0.1, -0.05) is 30.0 Å². The van der Waals surface area contributed by atoms with Crippen LogP contribution in [0.4, 0.5) is 4.79 Å². The summed E-state index contributed by atoms with van der Waals surface area (Å²) in [5, 5.41) is 15.6. The number of carbonyl (C=O) groups excluding carboxylic acids is 2. The first kappa shape index (κ1) is 21.1. The molecule has 0 radical (unpaired) electrons. The quantitative estimate of drug-likeness (QED) is 0.717. The number of piperidine rings is 1. The molecule has 1 N–H and O–H groups in total. The van der Waals surface area contributed by atoms with Crippen LogP contribution in [0.2, 0.25) is 0 Å². The summed E-state index contributed by atoms with van der Waals surface area (Å²) in [6.07, 6.45) is 1.15. The highest BCUT2D eigenvalue weighted by Crippen LogP contribution is 2.23. The second kappa shape index (κ2) is 9.73. The Morgan fingerprint density at radius 3 is 2.59 bits per heavy atom. The minimum atomic E-state index is -0.286. The van der Waals surface area contributed by atoms with Gasteiger partial charge in [0, 0.05) is 19.1 Å². The van der Waals surface area contributed by atoms with Crippen molar-refractivity contribution < 1.29 is 14.3 Å². The summed E-state index contributed by atoms with van der Waals surface area (Å²) < 4.78 is 6.70. The second-order valence-corrected chi connectivity index (χ2v) is 7.87. The molecule has 0 saturated carbocycles. The maximum Gasteiger partial charge on any atom is 0.409 e. The number of thioether (sulfide) groups is 1. The van der Waals surface area contributed by atoms with Crippen LogP contribution in [-0.2, 0) is 9.53 Å². The first-order valence-corrected chi connectivity index (χ1v) is 10.7. The highest BCUT2D eigenvalue weighted by Gasteiger charge is 2.24. The highest BCUT2D eigenvalue weighted by molar-refractivity contribution is 7.99. The van der Waals surface area contributed by atoms with Crippen LogP contribution in [0.15, 0.2) is 23.4 Å². The van der Waals surface area contributed by atoms with Gasteiger partial charge in [0.05, 0.1) is 18.0 Å². The van der Waals surface area contributed by atoms with Gasteiger partial charge in [0.25, 0.3) is 0 Å². The van der Waals surface area contributed by atoms with E-state index in [4.69, 9.17) is 4.74 Å². The largest absolute Gasteiger partial charge is 0.450 e. The molecule has 156 valence electrons. The van der Waals surface area contributed by atoms with Gasteiger partial charge in [-0.05, 0) is 55.2 Å². The number of hydrogen-bond donors (Lipinski definition) is 1. The van der Waals surface area contributed by atoms with Gasteiger partial charge in [-0.25, -0.2) is 4.79 Å². The van der Waals surface area contributed by atoms with E-state index < -0.39 is 0 Å². The van der Waals surface area contributed by atoms with Gasteiger partial charge in [0.1, 0.15) is 0 Å². The smallest absolute Gasteiger partial charge is 0.409 e. The van der Waals surface area contributed by atoms with Crippen molar-refractivity contribution in [1.82, 2.24) is 30.4 Å². The van der Waals surface area contributed by atoms with Crippen LogP contribution < -0.4 is 5.32 Å². The van der Waals surface area contributed by atoms with Gasteiger partial charge in [0.15, 0.2) is 0 Å². The number of hydrogen-bond acceptors (Lipinski definition) is 7. The van der Waals surface area contributed by atoms with Gasteiger partial charge < -0.3 is 15.0 Å². The topological polar surface area (TPSA) is 102 Å². The molecule has 1 aliphatic rings. The number of carbonyl (C=O) groups is 2. The number of aromatic nitrogens is 4. The van der Waals surface area contributed by atoms with E-state index in [9.17, 15) is 9.59 Å². The molecule has 0 atom stereocenters. The summed E-state index contributed by atoms with van der Waals surface area (Å²) in [6, 6.07) is 6.07. The molecule has 1 aromatic heterocycles. The zero-order chi connectivity index (χ0) is 20.8. The lowest BCUT2D eigenvalue weighted by Crippen LogP contribution is -2.47. The monoisotopic (exact) mass is 418 g/mol. The Morgan fingerprint density at radius 2 is 1.93 bits per heavy atom. The fraction of sp³-hybridized carbons (Fsp3) is 0.526. The van der Waals surface area contributed by atoms with Crippen LogP contribution in [-0.4, -0.2) is 68.6 Å². The fourth-order valence-electron chi connectivity index (χ4n) is 3.37. The van der Waals surface area contributed by atoms with Crippen molar-refractivity contribution in [3.8, 4) is 5.69 Å². The highest BCUT2D eigenvalue weighted by atomic mass is 32.2. The van der Waals surface area contributed by atoms with E-state index in [1.165, 1.54) is 11.8 Å². The Morgan fingerprint density at radius 1 is 1.24 bits per heavy atom. The number of aryl methyl sites for hydroxylation is 2. The van der Waals surface area contributed by atoms with Crippen LogP contribution in [0.3, 0.4) is 0 Å². The van der Waals surface area contributed by atoms with Gasteiger partial charge in [0.2, 0.25) is 11.1 Å². The lowest BCUT2D eigenvalue weighted by Gasteiger charge is -2.31. The summed E-state index contributed by atoms with van der Waals surface area (Å²) in [7, 11) is 0. The summed E-state index contributed by atoms with van der Waals surface area (Å²) in [5.41, 5.74) is 3.07. The molecule has 1 fully saturated rings. The molecular weight excluding hydrogens is 392 g/mol. The minimum Gasteiger partial charge on any atom is -0.450 e. The lowest BCUT2D eigenvalue weighted by atomic mass is 10.1. The van der Waals surface area contributed by atoms with Crippen molar-refractivity contribution in [1.29, 1.82) is 0 Å². The van der Waals surface area contributed by atoms with E-state index in [-0.39, 0.29) is 23.8 Å². The number of amides is 2. The number of benzene rings is 1. The number of ether oxygens (including phenoxy) is 1. The Balaban J connectivity index is 1.52. The molecule has 1 aliphatic heterocycles. The van der Waals surface area contributed by atoms with Crippen LogP contribution in [0.1, 0.15) is 30.9 Å². The number of likely N-dealkylation sites (tertiary alicyclic amines) is 1. The van der Waals surface area contributed by atoms with Crippen molar-refractivity contribution >= 4 is 23.8 Å². The average molecular weight is 419 g/mol. The molecule has 1 aromatic carbocycles. The molecule has 0 unspecified atom stereocenters. The molecule has 0 bridgehead atoms. The number of para-hydroxylation sites is 1. The van der Waals surface area contributed by atoms with Crippen molar-refractivity contribution in [3.63, 3.8) is 0 Å². The SMILES string of the molecule is CCOC(=O)N1CCC(NC(=O)CSc2nnnn2-c2c(C)cccc2C)CC1. The van der Waals surface area contributed by atoms with Crippen LogP contribution in [0.5, 0.6) is 0 Å². The normalized spacial score (nSPS) is 14.7. The van der Waals surface area contributed by atoms with E-state index in [0.29, 0.717) is 24.9 Å². The molecule has 0 aliphatic carbocycles. The van der Waals surface area contributed by atoms with Gasteiger partial charge in [-0.2, -0.15) is 4.68 Å². The van der Waals surface area contributed by atoms with Crippen molar-refractivity contribution in [2.75, 3.05) is 25.4 Å². The molecule has 29 heavy (non-hydrogen) atoms. The zero-order valence-electron chi connectivity index (χ0n) is 16.9. The Labute approximate surface area is 174 Å². The zero-order valence-corrected chi connectivity index (χ0v) is 17.7. The molecular formula is C19H26N6O3S. The maximum atomic E-state index is 12.4. The van der Waals surface area contributed by atoms with Crippen LogP contribution in [0.25, 0.3) is 5.69 Å². The maximum absolute atomic E-state index is 12.4. The molecule has 1 saturated heterocycles. The molecule has 0 spiro atoms. The number of nitrogens with zero attached hydrogens (tertiary/aromatic N) is 5. The number of nitrogens with one attached hydrogen (secondary N) is 1. The summed E-state index contributed by atoms with van der Waals surface area (Å²) in [5.74, 6) is 0.157. The fourth-order valence-corrected chi connectivity index (χ4v) is 4.06. The third-order valence-corrected chi connectivity index (χ3v) is 5.73. The van der Waals surface area contributed by atoms with Crippen molar-refractivity contribution in [2.24, 2.45) is 0 Å². The van der Waals surface area contributed by atoms with E-state index in [0.717, 1.165) is 29.7 Å². The Bertz CT molecular complexity index is 843. The standard InChI is InChI=1S/C19H26N6O3S/c1-4-28-19(27)24-10-8-15(9-11-24)20-16(26)12-29-18-21-22-23-25(18)17-13(2)6-5-7-14(17)3/h5-7,15H,4,8-12H2,1-3H3,(H,20,26). The van der Waals surface area contributed by atoms with E-state index in [1.807, 2.05) is 32.0 Å². The van der Waals surface area contributed by atoms with Crippen LogP contribution >= 0.6 is 11.8 Å². The lowest BCUT2D eigenvalue weighted by molar-refractivity contribution is -0.119. The molecule has 2 heterocycles. The Hall–Kier alpha value is -2.62. The number of rotatable bonds is 6. The van der Waals surface area contributed by atoms with Gasteiger partial charge >= 0.3 is 6.09 Å². The van der Waals surface area contributed by atoms with Gasteiger partial charge in [-0.15, -0.1) is 5.10 Å². The third kappa shape index (κ3) is 5.26. The molecule has 2 amide bonds. The van der Waals surface area contributed by atoms with Crippen molar-refractivity contribution in [2.45, 2.75) is 44.8 Å². The molecule has 10 heteroatoms. The first-order chi connectivity index (χ1) is 14.0. The third-order valence-electron chi connectivity index (χ3n) is 4.81. The van der Waals surface area contributed by atoms with E-state index in [2.05, 4.69) is 20.8 Å². The predicted molar refractivity (Wildman–Crippen MR) is 109 cm³/mol. The van der Waals surface area contributed by atoms with Crippen LogP contribution in [0, 0.1) is 13.8 Å². The Kier molecular flexibility index (Phi) is 7.08.